The molecule has 38 aliphatic rings. The van der Waals surface area contributed by atoms with E-state index in [9.17, 15) is 71.5 Å². The summed E-state index contributed by atoms with van der Waals surface area (Å²) in [5.41, 5.74) is 31.1. The molecule has 0 amide bonds. The van der Waals surface area contributed by atoms with Crippen LogP contribution in [0.3, 0.4) is 0 Å². The van der Waals surface area contributed by atoms with E-state index in [0.717, 1.165) is 43.4 Å². The summed E-state index contributed by atoms with van der Waals surface area (Å²) < 4.78 is 87.2. The predicted octanol–water partition coefficient (Wildman–Crippen LogP) is -7.92. The maximum atomic E-state index is 12.3. The Morgan fingerprint density at radius 2 is 0.615 bits per heavy atom. The van der Waals surface area contributed by atoms with Gasteiger partial charge in [-0.25, -0.2) is 0 Å². The zero-order chi connectivity index (χ0) is 68.1. The molecule has 536 valence electrons. The Labute approximate surface area is 556 Å². The van der Waals surface area contributed by atoms with Crippen LogP contribution in [0.1, 0.15) is 18.1 Å². The molecule has 0 aliphatic carbocycles. The van der Waals surface area contributed by atoms with Crippen molar-refractivity contribution >= 4 is 55.8 Å². The van der Waals surface area contributed by atoms with Gasteiger partial charge in [-0.3, -0.25) is 0 Å². The minimum Gasteiger partial charge on any atom is -0.387 e. The van der Waals surface area contributed by atoms with Gasteiger partial charge in [0.1, 0.15) is 158 Å². The van der Waals surface area contributed by atoms with Crippen LogP contribution in [-0.2, 0) is 77.8 Å². The average molecular weight is 1400 g/mol. The van der Waals surface area contributed by atoms with Crippen molar-refractivity contribution in [2.24, 2.45) is 28.7 Å². The predicted molar refractivity (Wildman–Crippen MR) is 331 cm³/mol. The van der Waals surface area contributed by atoms with E-state index in [1.165, 1.54) is 30.4 Å². The molecule has 4 aromatic rings. The Hall–Kier alpha value is -2.70. The van der Waals surface area contributed by atoms with Crippen molar-refractivity contribution in [3.63, 3.8) is 0 Å². The maximum Gasteiger partial charge on any atom is 0.187 e. The number of rotatable bonds is 5. The zero-order valence-electron chi connectivity index (χ0n) is 51.8. The molecular weight excluding hydrogens is 1310 g/mol. The monoisotopic (exact) mass is 1400 g/mol. The van der Waals surface area contributed by atoms with Crippen molar-refractivity contribution in [3.05, 3.63) is 59.7 Å². The molecule has 24 bridgehead atoms. The van der Waals surface area contributed by atoms with Crippen LogP contribution in [0, 0.1) is 0 Å². The van der Waals surface area contributed by atoms with E-state index in [0.29, 0.717) is 11.5 Å². The third-order valence-corrected chi connectivity index (χ3v) is 22.1. The molecule has 16 fully saturated rings. The summed E-state index contributed by atoms with van der Waals surface area (Å²) in [4.78, 5) is 0. The lowest BCUT2D eigenvalue weighted by atomic mass is 9.87. The molecule has 0 radical (unpaired) electrons. The maximum absolute atomic E-state index is 12.3. The number of hydrogen-bond donors (Lipinski definition) is 19. The Morgan fingerprint density at radius 3 is 0.927 bits per heavy atom. The van der Waals surface area contributed by atoms with Gasteiger partial charge in [-0.1, -0.05) is 48.5 Å². The van der Waals surface area contributed by atoms with Gasteiger partial charge in [-0.2, -0.15) is 23.5 Å². The second-order valence-corrected chi connectivity index (χ2v) is 28.3. The topological polar surface area (TPSA) is 543 Å². The summed E-state index contributed by atoms with van der Waals surface area (Å²) in [5.74, 6) is 0.577. The summed E-state index contributed by atoms with van der Waals surface area (Å²) in [6.45, 7) is -0.962. The highest BCUT2D eigenvalue weighted by molar-refractivity contribution is 7.98. The fraction of sp³-hybridized carbons (Fsp3) is 0.738. The SMILES string of the molecule is CC1(CN)O[C@@H]2O[C@H]3C(O)C(O)[C@H](O[C@@H]3CN)O[C@H]3C(O)C(O)[C@H](O[C@@H]3CN)O[C@H]3C(O)C(O)[C@@H]4O[C@@H]3CSCc3cc5ccc6cc(cc7ccc(c3)c5c67)CSC[C@H]3O[C@H](O[C@H]1C(O)C2O)C(O)C(O)[C@@H]3O[C@H]1O[C@H](CN)[C@@H](O[C@H]2O[C@H](CN)[C@@H](O4)C(O)C2O)C(O)C1O. The molecule has 16 saturated heterocycles. The van der Waals surface area contributed by atoms with Crippen molar-refractivity contribution in [2.75, 3.05) is 44.2 Å². The lowest BCUT2D eigenvalue weighted by Crippen LogP contribution is -2.71. The van der Waals surface area contributed by atoms with Crippen LogP contribution in [0.4, 0.5) is 0 Å². The number of benzene rings is 4. The van der Waals surface area contributed by atoms with Crippen LogP contribution in [0.25, 0.3) is 32.3 Å². The van der Waals surface area contributed by atoms with E-state index in [1.807, 2.05) is 48.5 Å². The Balaban J connectivity index is 0.904. The van der Waals surface area contributed by atoms with Gasteiger partial charge in [0.05, 0.1) is 12.2 Å². The van der Waals surface area contributed by atoms with Crippen LogP contribution in [-0.4, -0.2) is 330 Å². The van der Waals surface area contributed by atoms with Crippen LogP contribution in [0.5, 0.6) is 0 Å². The minimum atomic E-state index is -2.08. The number of aliphatic hydroxyl groups is 14. The van der Waals surface area contributed by atoms with E-state index in [1.54, 1.807) is 0 Å². The number of hydrogen-bond acceptors (Lipinski definition) is 35. The van der Waals surface area contributed by atoms with Crippen LogP contribution in [0.2, 0.25) is 0 Å². The van der Waals surface area contributed by atoms with E-state index < -0.39 is 247 Å². The Kier molecular flexibility index (Phi) is 21.8. The van der Waals surface area contributed by atoms with Gasteiger partial charge < -0.3 is 166 Å². The summed E-state index contributed by atoms with van der Waals surface area (Å²) in [5, 5.41) is 173. The van der Waals surface area contributed by atoms with Crippen molar-refractivity contribution in [1.82, 2.24) is 0 Å². The largest absolute Gasteiger partial charge is 0.387 e. The summed E-state index contributed by atoms with van der Waals surface area (Å²) in [7, 11) is 0. The average Bonchev–Trinajstić information content (AvgIpc) is 0.747. The summed E-state index contributed by atoms with van der Waals surface area (Å²) >= 11 is 2.65. The van der Waals surface area contributed by atoms with Gasteiger partial charge in [0, 0.05) is 55.7 Å². The molecule has 35 atom stereocenters. The van der Waals surface area contributed by atoms with Gasteiger partial charge in [-0.15, -0.1) is 0 Å². The lowest BCUT2D eigenvalue weighted by molar-refractivity contribution is -0.401. The molecule has 38 aliphatic heterocycles. The van der Waals surface area contributed by atoms with Crippen LogP contribution < -0.4 is 28.7 Å². The number of ether oxygens (including phenoxy) is 14. The Bertz CT molecular complexity index is 3200. The second-order valence-electron chi connectivity index (χ2n) is 26.2. The van der Waals surface area contributed by atoms with Crippen LogP contribution >= 0.6 is 23.5 Å². The Morgan fingerprint density at radius 1 is 0.344 bits per heavy atom. The molecule has 35 heteroatoms. The lowest BCUT2D eigenvalue weighted by Gasteiger charge is -2.52. The van der Waals surface area contributed by atoms with Gasteiger partial charge in [0.15, 0.2) is 44.0 Å². The van der Waals surface area contributed by atoms with Gasteiger partial charge in [-0.05, 0) is 50.4 Å². The molecule has 4 aromatic carbocycles. The molecule has 42 rings (SSSR count). The summed E-state index contributed by atoms with van der Waals surface area (Å²) in [6.07, 6.45) is -61.4. The van der Waals surface area contributed by atoms with E-state index >= 15 is 0 Å². The molecule has 0 spiro atoms. The van der Waals surface area contributed by atoms with Crippen molar-refractivity contribution in [1.29, 1.82) is 0 Å². The molecule has 0 aromatic heterocycles. The first kappa shape index (κ1) is 71.7. The molecule has 38 heterocycles. The van der Waals surface area contributed by atoms with Crippen LogP contribution in [0.15, 0.2) is 48.5 Å². The van der Waals surface area contributed by atoms with E-state index in [-0.39, 0.29) is 11.5 Å². The molecule has 0 saturated carbocycles. The fourth-order valence-electron chi connectivity index (χ4n) is 14.5. The zero-order valence-corrected chi connectivity index (χ0v) is 53.4. The highest BCUT2D eigenvalue weighted by atomic mass is 32.2. The van der Waals surface area contributed by atoms with Crippen molar-refractivity contribution < 1.29 is 138 Å². The summed E-state index contributed by atoms with van der Waals surface area (Å²) in [6, 6.07) is 16.2. The smallest absolute Gasteiger partial charge is 0.187 e. The first-order chi connectivity index (χ1) is 46.0. The molecule has 33 nitrogen and oxygen atoms in total. The molecule has 24 N–H and O–H groups in total. The van der Waals surface area contributed by atoms with Gasteiger partial charge >= 0.3 is 0 Å². The molecule has 96 heavy (non-hydrogen) atoms. The first-order valence-corrected chi connectivity index (χ1v) is 34.4. The third-order valence-electron chi connectivity index (χ3n) is 19.9. The molecular formula is C61H87N5O28S2. The fourth-order valence-corrected chi connectivity index (χ4v) is 16.6. The quantitative estimate of drug-likeness (QED) is 0.0825. The normalized spacial score (nSPS) is 48.7. The van der Waals surface area contributed by atoms with Crippen molar-refractivity contribution in [2.45, 2.75) is 233 Å². The highest BCUT2D eigenvalue weighted by Gasteiger charge is 2.61. The minimum absolute atomic E-state index is 0.0397. The van der Waals surface area contributed by atoms with Crippen molar-refractivity contribution in [3.8, 4) is 0 Å². The highest BCUT2D eigenvalue weighted by Crippen LogP contribution is 2.43. The molecule has 15 unspecified atom stereocenters. The van der Waals surface area contributed by atoms with Gasteiger partial charge in [0.25, 0.3) is 0 Å². The first-order valence-electron chi connectivity index (χ1n) is 32.1. The number of nitrogens with two attached hydrogens (primary N) is 5. The second kappa shape index (κ2) is 29.2. The van der Waals surface area contributed by atoms with E-state index in [2.05, 4.69) is 0 Å². The van der Waals surface area contributed by atoms with E-state index in [4.69, 9.17) is 95.0 Å². The van der Waals surface area contributed by atoms with Gasteiger partial charge in [0.2, 0.25) is 0 Å². The number of thioether (sulfide) groups is 2. The third kappa shape index (κ3) is 13.2. The number of aliphatic hydroxyl groups excluding tert-OH is 14. The standard InChI is InChI=1S/C61H87N5O28S2/c1-61(18-66)53-39(73)46(80)60(94-61)92-50-28(13-65)84-55(43(77)36(50)70)88-48-26(11-63)82-56(41(75)34(48)68)90-51-29-16-95-14-19-6-21-2-4-23-8-20(9-24-5-3-22(7-19)31(21)32(23)24)15-96-17-30-52(38(72)45(79)59(86-30)93-53)91-57-42(76)35(69)47(25(10-62)83-57)87-54-40(74)33(67)49(27(12-64)81-54)89-58(85-29)44(78)37(51)71/h2-9,25-30,33-60,67-80H,10-18,62-66H2,1H3/t25-,26-,27-,28-,29-,30-,33?,34?,35?,36?,37?,38?,39?,40?,41?,42?,43?,44?,45?,46?,47-,48-,49-,50-,51-,52-,53+,54-,55-,56-,57-,58-,59-,60+,61?/m1/s1.